The van der Waals surface area contributed by atoms with Crippen LogP contribution >= 0.6 is 0 Å². The average Bonchev–Trinajstić information content (AvgIpc) is 2.83. The molecular formula is C16H20FN3O2. The van der Waals surface area contributed by atoms with E-state index in [0.717, 1.165) is 32.7 Å². The highest BCUT2D eigenvalue weighted by molar-refractivity contribution is 6.22. The fourth-order valence-corrected chi connectivity index (χ4v) is 3.15. The Hall–Kier alpha value is -1.79. The van der Waals surface area contributed by atoms with Gasteiger partial charge < -0.3 is 4.90 Å². The number of rotatable bonds is 3. The van der Waals surface area contributed by atoms with Crippen LogP contribution in [0.5, 0.6) is 0 Å². The minimum absolute atomic E-state index is 0.193. The van der Waals surface area contributed by atoms with Crippen molar-refractivity contribution in [1.29, 1.82) is 0 Å². The number of amides is 2. The molecule has 2 saturated heterocycles. The number of hydrogen-bond donors (Lipinski definition) is 0. The summed E-state index contributed by atoms with van der Waals surface area (Å²) in [7, 11) is 0. The Bertz CT molecular complexity index is 567. The van der Waals surface area contributed by atoms with E-state index in [1.165, 1.54) is 29.2 Å². The number of halogens is 1. The molecule has 3 rings (SSSR count). The Labute approximate surface area is 129 Å². The van der Waals surface area contributed by atoms with Crippen LogP contribution < -0.4 is 4.90 Å². The van der Waals surface area contributed by atoms with Gasteiger partial charge in [-0.2, -0.15) is 0 Å². The lowest BCUT2D eigenvalue weighted by Gasteiger charge is -2.36. The van der Waals surface area contributed by atoms with Crippen molar-refractivity contribution in [3.05, 3.63) is 30.1 Å². The van der Waals surface area contributed by atoms with Crippen LogP contribution in [0.4, 0.5) is 10.1 Å². The Balaban J connectivity index is 1.73. The van der Waals surface area contributed by atoms with Gasteiger partial charge in [-0.15, -0.1) is 0 Å². The summed E-state index contributed by atoms with van der Waals surface area (Å²) < 4.78 is 13.0. The Morgan fingerprint density at radius 1 is 1.09 bits per heavy atom. The van der Waals surface area contributed by atoms with E-state index in [1.807, 2.05) is 0 Å². The highest BCUT2D eigenvalue weighted by atomic mass is 19.1. The first-order chi connectivity index (χ1) is 10.6. The summed E-state index contributed by atoms with van der Waals surface area (Å²) in [5, 5.41) is 0. The van der Waals surface area contributed by atoms with E-state index in [4.69, 9.17) is 0 Å². The fraction of sp³-hybridized carbons (Fsp3) is 0.500. The summed E-state index contributed by atoms with van der Waals surface area (Å²) in [5.41, 5.74) is 0.450. The van der Waals surface area contributed by atoms with E-state index >= 15 is 0 Å². The number of likely N-dealkylation sites (N-methyl/N-ethyl adjacent to an activating group) is 1. The van der Waals surface area contributed by atoms with Gasteiger partial charge in [0.2, 0.25) is 5.91 Å². The monoisotopic (exact) mass is 305 g/mol. The van der Waals surface area contributed by atoms with Gasteiger partial charge in [0.1, 0.15) is 5.82 Å². The zero-order valence-corrected chi connectivity index (χ0v) is 12.7. The largest absolute Gasteiger partial charge is 0.301 e. The van der Waals surface area contributed by atoms with Crippen LogP contribution in [0.2, 0.25) is 0 Å². The van der Waals surface area contributed by atoms with Gasteiger partial charge in [0.25, 0.3) is 5.91 Å². The lowest BCUT2D eigenvalue weighted by atomic mass is 10.1. The van der Waals surface area contributed by atoms with E-state index in [2.05, 4.69) is 16.7 Å². The van der Waals surface area contributed by atoms with E-state index in [-0.39, 0.29) is 30.1 Å². The summed E-state index contributed by atoms with van der Waals surface area (Å²) in [4.78, 5) is 30.4. The molecule has 2 amide bonds. The van der Waals surface area contributed by atoms with Crippen LogP contribution in [0, 0.1) is 5.82 Å². The smallest absolute Gasteiger partial charge is 0.251 e. The summed E-state index contributed by atoms with van der Waals surface area (Å²) in [6.07, 6.45) is 0.211. The lowest BCUT2D eigenvalue weighted by Crippen LogP contribution is -2.52. The molecule has 2 heterocycles. The van der Waals surface area contributed by atoms with Gasteiger partial charge in [0, 0.05) is 26.2 Å². The maximum absolute atomic E-state index is 13.0. The topological polar surface area (TPSA) is 43.9 Å². The Kier molecular flexibility index (Phi) is 4.22. The highest BCUT2D eigenvalue weighted by Gasteiger charge is 2.43. The summed E-state index contributed by atoms with van der Waals surface area (Å²) in [6.45, 7) is 6.57. The second kappa shape index (κ2) is 6.14. The van der Waals surface area contributed by atoms with Crippen molar-refractivity contribution in [2.24, 2.45) is 0 Å². The predicted molar refractivity (Wildman–Crippen MR) is 81.0 cm³/mol. The minimum Gasteiger partial charge on any atom is -0.301 e. The number of carbonyl (C=O) groups is 2. The number of benzene rings is 1. The van der Waals surface area contributed by atoms with Crippen molar-refractivity contribution in [1.82, 2.24) is 9.80 Å². The van der Waals surface area contributed by atoms with Crippen LogP contribution in [0.1, 0.15) is 13.3 Å². The molecule has 118 valence electrons. The summed E-state index contributed by atoms with van der Waals surface area (Å²) >= 11 is 0. The fourth-order valence-electron chi connectivity index (χ4n) is 3.15. The second-order valence-electron chi connectivity index (χ2n) is 5.73. The van der Waals surface area contributed by atoms with Crippen molar-refractivity contribution in [3.63, 3.8) is 0 Å². The molecule has 2 aliphatic rings. The molecular weight excluding hydrogens is 285 g/mol. The van der Waals surface area contributed by atoms with E-state index in [1.54, 1.807) is 0 Å². The first-order valence-corrected chi connectivity index (χ1v) is 7.69. The number of carbonyl (C=O) groups excluding carboxylic acids is 2. The van der Waals surface area contributed by atoms with E-state index < -0.39 is 0 Å². The van der Waals surface area contributed by atoms with E-state index in [9.17, 15) is 14.0 Å². The van der Waals surface area contributed by atoms with Crippen molar-refractivity contribution in [2.45, 2.75) is 19.4 Å². The van der Waals surface area contributed by atoms with Crippen molar-refractivity contribution < 1.29 is 14.0 Å². The van der Waals surface area contributed by atoms with Crippen LogP contribution in [-0.4, -0.2) is 60.4 Å². The molecule has 1 atom stereocenters. The molecule has 0 spiro atoms. The lowest BCUT2D eigenvalue weighted by molar-refractivity contribution is -0.123. The van der Waals surface area contributed by atoms with Gasteiger partial charge in [-0.05, 0) is 30.8 Å². The van der Waals surface area contributed by atoms with Gasteiger partial charge in [-0.25, -0.2) is 9.29 Å². The number of nitrogens with zero attached hydrogens (tertiary/aromatic N) is 3. The maximum atomic E-state index is 13.0. The standard InChI is InChI=1S/C16H20FN3O2/c1-2-18-7-9-19(10-8-18)14-11-15(21)20(16(14)22)13-5-3-12(17)4-6-13/h3-6,14H,2,7-11H2,1H3/t14-/m0/s1. The zero-order valence-electron chi connectivity index (χ0n) is 12.7. The molecule has 0 aliphatic carbocycles. The van der Waals surface area contributed by atoms with Gasteiger partial charge in [0.15, 0.2) is 0 Å². The molecule has 0 unspecified atom stereocenters. The van der Waals surface area contributed by atoms with Crippen molar-refractivity contribution in [2.75, 3.05) is 37.6 Å². The quantitative estimate of drug-likeness (QED) is 0.784. The van der Waals surface area contributed by atoms with Gasteiger partial charge in [-0.1, -0.05) is 6.92 Å². The van der Waals surface area contributed by atoms with Crippen LogP contribution in [-0.2, 0) is 9.59 Å². The average molecular weight is 305 g/mol. The van der Waals surface area contributed by atoms with Crippen molar-refractivity contribution >= 4 is 17.5 Å². The third kappa shape index (κ3) is 2.76. The number of piperazine rings is 1. The molecule has 1 aromatic rings. The van der Waals surface area contributed by atoms with Crippen LogP contribution in [0.15, 0.2) is 24.3 Å². The first-order valence-electron chi connectivity index (χ1n) is 7.69. The third-order valence-corrected chi connectivity index (χ3v) is 4.50. The second-order valence-corrected chi connectivity index (χ2v) is 5.73. The number of imide groups is 1. The molecule has 0 N–H and O–H groups in total. The molecule has 0 radical (unpaired) electrons. The van der Waals surface area contributed by atoms with Crippen LogP contribution in [0.3, 0.4) is 0 Å². The van der Waals surface area contributed by atoms with Gasteiger partial charge in [-0.3, -0.25) is 14.5 Å². The molecule has 0 bridgehead atoms. The Morgan fingerprint density at radius 2 is 1.73 bits per heavy atom. The number of hydrogen-bond acceptors (Lipinski definition) is 4. The summed E-state index contributed by atoms with van der Waals surface area (Å²) in [6, 6.07) is 5.11. The molecule has 0 aromatic heterocycles. The molecule has 1 aromatic carbocycles. The normalized spacial score (nSPS) is 24.3. The minimum atomic E-state index is -0.380. The molecule has 6 heteroatoms. The third-order valence-electron chi connectivity index (χ3n) is 4.50. The zero-order chi connectivity index (χ0) is 15.7. The van der Waals surface area contributed by atoms with Gasteiger partial charge >= 0.3 is 0 Å². The number of anilines is 1. The molecule has 2 aliphatic heterocycles. The highest BCUT2D eigenvalue weighted by Crippen LogP contribution is 2.26. The Morgan fingerprint density at radius 3 is 2.32 bits per heavy atom. The summed E-state index contributed by atoms with van der Waals surface area (Å²) in [5.74, 6) is -0.781. The predicted octanol–water partition coefficient (Wildman–Crippen LogP) is 1.10. The molecule has 0 saturated carbocycles. The van der Waals surface area contributed by atoms with Gasteiger partial charge in [0.05, 0.1) is 18.2 Å². The molecule has 22 heavy (non-hydrogen) atoms. The maximum Gasteiger partial charge on any atom is 0.251 e. The SMILES string of the molecule is CCN1CCN([C@H]2CC(=O)N(c3ccc(F)cc3)C2=O)CC1. The van der Waals surface area contributed by atoms with Crippen molar-refractivity contribution in [3.8, 4) is 0 Å². The molecule has 5 nitrogen and oxygen atoms in total. The molecule has 2 fully saturated rings. The van der Waals surface area contributed by atoms with Crippen LogP contribution in [0.25, 0.3) is 0 Å². The van der Waals surface area contributed by atoms with E-state index in [0.29, 0.717) is 5.69 Å². The first kappa shape index (κ1) is 15.1.